The molecular formula is C21H17ClO2. The molecule has 0 bridgehead atoms. The van der Waals surface area contributed by atoms with Crippen molar-refractivity contribution in [2.45, 2.75) is 0 Å². The van der Waals surface area contributed by atoms with Crippen LogP contribution in [0.3, 0.4) is 0 Å². The molecule has 4 aromatic carbocycles. The molecule has 24 heavy (non-hydrogen) atoms. The van der Waals surface area contributed by atoms with Crippen molar-refractivity contribution >= 4 is 33.1 Å². The van der Waals surface area contributed by atoms with Gasteiger partial charge in [0.1, 0.15) is 11.5 Å². The first kappa shape index (κ1) is 16.2. The van der Waals surface area contributed by atoms with E-state index in [1.807, 2.05) is 66.7 Å². The highest BCUT2D eigenvalue weighted by molar-refractivity contribution is 6.35. The molecule has 4 aromatic rings. The minimum absolute atomic E-state index is 0.323. The van der Waals surface area contributed by atoms with Gasteiger partial charge in [-0.15, -0.1) is 0 Å². The number of benzene rings is 4. The van der Waals surface area contributed by atoms with E-state index in [1.54, 1.807) is 19.2 Å². The van der Waals surface area contributed by atoms with Gasteiger partial charge in [0.25, 0.3) is 0 Å². The van der Waals surface area contributed by atoms with Crippen LogP contribution in [0, 0.1) is 0 Å². The highest BCUT2D eigenvalue weighted by Crippen LogP contribution is 2.26. The first-order valence-electron chi connectivity index (χ1n) is 7.57. The molecule has 0 aliphatic rings. The van der Waals surface area contributed by atoms with Gasteiger partial charge in [-0.3, -0.25) is 0 Å². The second kappa shape index (κ2) is 7.24. The molecule has 0 spiro atoms. The van der Waals surface area contributed by atoms with E-state index in [4.69, 9.17) is 21.4 Å². The molecule has 0 atom stereocenters. The lowest BCUT2D eigenvalue weighted by Crippen LogP contribution is -1.82. The quantitative estimate of drug-likeness (QED) is 0.458. The van der Waals surface area contributed by atoms with Crippen LogP contribution in [0.5, 0.6) is 11.5 Å². The summed E-state index contributed by atoms with van der Waals surface area (Å²) in [6, 6.07) is 25.0. The Labute approximate surface area is 145 Å². The monoisotopic (exact) mass is 336 g/mol. The summed E-state index contributed by atoms with van der Waals surface area (Å²) in [5.41, 5.74) is 0. The van der Waals surface area contributed by atoms with Crippen LogP contribution < -0.4 is 4.74 Å². The Hall–Kier alpha value is -2.71. The molecule has 0 unspecified atom stereocenters. The zero-order valence-electron chi connectivity index (χ0n) is 13.2. The molecule has 2 nitrogen and oxygen atoms in total. The van der Waals surface area contributed by atoms with Gasteiger partial charge in [0.05, 0.1) is 7.11 Å². The van der Waals surface area contributed by atoms with Gasteiger partial charge in [0.2, 0.25) is 0 Å². The number of halogens is 1. The van der Waals surface area contributed by atoms with Crippen molar-refractivity contribution in [2.24, 2.45) is 0 Å². The Balaban J connectivity index is 0.000000143. The van der Waals surface area contributed by atoms with Crippen LogP contribution in [0.2, 0.25) is 5.02 Å². The topological polar surface area (TPSA) is 29.5 Å². The fourth-order valence-electron chi connectivity index (χ4n) is 2.53. The van der Waals surface area contributed by atoms with Crippen LogP contribution in [0.15, 0.2) is 78.9 Å². The largest absolute Gasteiger partial charge is 0.508 e. The molecule has 0 fully saturated rings. The van der Waals surface area contributed by atoms with Crippen LogP contribution in [0.1, 0.15) is 0 Å². The SMILES string of the molecule is COc1ccc2c(Cl)cccc2c1.Oc1ccc2ccccc2c1. The van der Waals surface area contributed by atoms with Crippen molar-refractivity contribution in [1.29, 1.82) is 0 Å². The van der Waals surface area contributed by atoms with Crippen LogP contribution in [-0.4, -0.2) is 12.2 Å². The number of hydrogen-bond acceptors (Lipinski definition) is 2. The molecular weight excluding hydrogens is 320 g/mol. The van der Waals surface area contributed by atoms with Crippen LogP contribution in [0.25, 0.3) is 21.5 Å². The summed E-state index contributed by atoms with van der Waals surface area (Å²) < 4.78 is 5.12. The highest BCUT2D eigenvalue weighted by Gasteiger charge is 1.98. The molecule has 0 heterocycles. The van der Waals surface area contributed by atoms with Crippen molar-refractivity contribution in [3.63, 3.8) is 0 Å². The average molecular weight is 337 g/mol. The summed E-state index contributed by atoms with van der Waals surface area (Å²) in [5.74, 6) is 1.18. The molecule has 0 saturated heterocycles. The Morgan fingerprint density at radius 1 is 0.750 bits per heavy atom. The van der Waals surface area contributed by atoms with E-state index in [9.17, 15) is 0 Å². The van der Waals surface area contributed by atoms with Crippen molar-refractivity contribution in [1.82, 2.24) is 0 Å². The maximum Gasteiger partial charge on any atom is 0.119 e. The fraction of sp³-hybridized carbons (Fsp3) is 0.0476. The molecule has 4 rings (SSSR count). The third-order valence-electron chi connectivity index (χ3n) is 3.77. The van der Waals surface area contributed by atoms with E-state index >= 15 is 0 Å². The second-order valence-electron chi connectivity index (χ2n) is 5.36. The van der Waals surface area contributed by atoms with Crippen molar-refractivity contribution < 1.29 is 9.84 Å². The fourth-order valence-corrected chi connectivity index (χ4v) is 2.77. The van der Waals surface area contributed by atoms with Crippen molar-refractivity contribution in [3.8, 4) is 11.5 Å². The van der Waals surface area contributed by atoms with E-state index in [0.29, 0.717) is 5.75 Å². The minimum atomic E-state index is 0.323. The number of phenolic OH excluding ortho intramolecular Hbond substituents is 1. The summed E-state index contributed by atoms with van der Waals surface area (Å²) in [4.78, 5) is 0. The average Bonchev–Trinajstić information content (AvgIpc) is 2.62. The molecule has 0 aliphatic heterocycles. The van der Waals surface area contributed by atoms with Gasteiger partial charge in [-0.1, -0.05) is 54.1 Å². The van der Waals surface area contributed by atoms with E-state index in [0.717, 1.165) is 32.3 Å². The number of fused-ring (bicyclic) bond motifs is 2. The van der Waals surface area contributed by atoms with Gasteiger partial charge in [-0.2, -0.15) is 0 Å². The summed E-state index contributed by atoms with van der Waals surface area (Å²) in [7, 11) is 1.66. The maximum absolute atomic E-state index is 9.13. The van der Waals surface area contributed by atoms with Gasteiger partial charge in [-0.25, -0.2) is 0 Å². The Morgan fingerprint density at radius 2 is 1.50 bits per heavy atom. The Kier molecular flexibility index (Phi) is 4.88. The summed E-state index contributed by atoms with van der Waals surface area (Å²) in [6.45, 7) is 0. The van der Waals surface area contributed by atoms with Crippen LogP contribution in [0.4, 0.5) is 0 Å². The van der Waals surface area contributed by atoms with Gasteiger partial charge >= 0.3 is 0 Å². The van der Waals surface area contributed by atoms with Crippen LogP contribution in [-0.2, 0) is 0 Å². The van der Waals surface area contributed by atoms with Crippen molar-refractivity contribution in [3.05, 3.63) is 83.9 Å². The zero-order valence-corrected chi connectivity index (χ0v) is 14.0. The molecule has 0 amide bonds. The van der Waals surface area contributed by atoms with Gasteiger partial charge < -0.3 is 9.84 Å². The third-order valence-corrected chi connectivity index (χ3v) is 4.10. The molecule has 3 heteroatoms. The highest BCUT2D eigenvalue weighted by atomic mass is 35.5. The predicted molar refractivity (Wildman–Crippen MR) is 101 cm³/mol. The number of rotatable bonds is 1. The Bertz CT molecular complexity index is 979. The summed E-state index contributed by atoms with van der Waals surface area (Å²) >= 11 is 6.01. The van der Waals surface area contributed by atoms with Crippen LogP contribution >= 0.6 is 11.6 Å². The first-order chi connectivity index (χ1) is 11.7. The number of methoxy groups -OCH3 is 1. The van der Waals surface area contributed by atoms with Gasteiger partial charge in [-0.05, 0) is 52.6 Å². The number of aromatic hydroxyl groups is 1. The number of hydrogen-bond donors (Lipinski definition) is 1. The lowest BCUT2D eigenvalue weighted by Gasteiger charge is -2.03. The lowest BCUT2D eigenvalue weighted by molar-refractivity contribution is 0.415. The minimum Gasteiger partial charge on any atom is -0.508 e. The number of phenols is 1. The molecule has 0 saturated carbocycles. The van der Waals surface area contributed by atoms with Gasteiger partial charge in [0.15, 0.2) is 0 Å². The molecule has 0 aliphatic carbocycles. The van der Waals surface area contributed by atoms with E-state index in [2.05, 4.69) is 0 Å². The lowest BCUT2D eigenvalue weighted by atomic mass is 10.1. The maximum atomic E-state index is 9.13. The van der Waals surface area contributed by atoms with E-state index < -0.39 is 0 Å². The predicted octanol–water partition coefficient (Wildman–Crippen LogP) is 6.05. The second-order valence-corrected chi connectivity index (χ2v) is 5.77. The molecule has 1 N–H and O–H groups in total. The first-order valence-corrected chi connectivity index (χ1v) is 7.95. The standard InChI is InChI=1S/C11H9ClO.C10H8O/c1-13-9-5-6-10-8(7-9)3-2-4-11(10)12;11-10-6-5-8-3-1-2-4-9(8)7-10/h2-7H,1H3;1-7,11H. The zero-order chi connectivity index (χ0) is 16.9. The van der Waals surface area contributed by atoms with Crippen molar-refractivity contribution in [2.75, 3.05) is 7.11 Å². The molecule has 120 valence electrons. The summed E-state index contributed by atoms with van der Waals surface area (Å²) in [5, 5.41) is 14.3. The molecule has 0 radical (unpaired) electrons. The third kappa shape index (κ3) is 3.61. The number of ether oxygens (including phenoxy) is 1. The normalized spacial score (nSPS) is 10.2. The van der Waals surface area contributed by atoms with E-state index in [-0.39, 0.29) is 0 Å². The molecule has 0 aromatic heterocycles. The van der Waals surface area contributed by atoms with Gasteiger partial charge in [0, 0.05) is 10.4 Å². The smallest absolute Gasteiger partial charge is 0.119 e. The summed E-state index contributed by atoms with van der Waals surface area (Å²) in [6.07, 6.45) is 0. The Morgan fingerprint density at radius 3 is 2.29 bits per heavy atom. The van der Waals surface area contributed by atoms with E-state index in [1.165, 1.54) is 0 Å².